The fourth-order valence-corrected chi connectivity index (χ4v) is 3.45. The highest BCUT2D eigenvalue weighted by Gasteiger charge is 2.21. The molecule has 0 spiro atoms. The highest BCUT2D eigenvalue weighted by Crippen LogP contribution is 2.34. The summed E-state index contributed by atoms with van der Waals surface area (Å²) in [5.41, 5.74) is 2.07. The Kier molecular flexibility index (Phi) is 4.25. The van der Waals surface area contributed by atoms with Crippen LogP contribution >= 0.6 is 27.3 Å². The van der Waals surface area contributed by atoms with Crippen molar-refractivity contribution in [3.05, 3.63) is 37.7 Å². The number of aromatic nitrogens is 2. The summed E-state index contributed by atoms with van der Waals surface area (Å²) in [6.45, 7) is 7.07. The smallest absolute Gasteiger partial charge is 0.131 e. The molecule has 1 unspecified atom stereocenters. The molecule has 2 aromatic rings. The molecule has 0 aliphatic heterocycles. The monoisotopic (exact) mass is 328 g/mol. The van der Waals surface area contributed by atoms with Gasteiger partial charge in [-0.1, -0.05) is 6.92 Å². The molecule has 5 heteroatoms. The zero-order valence-electron chi connectivity index (χ0n) is 10.8. The number of hydrogen-bond acceptors (Lipinski definition) is 3. The van der Waals surface area contributed by atoms with Crippen molar-refractivity contribution in [3.8, 4) is 0 Å². The van der Waals surface area contributed by atoms with E-state index < -0.39 is 6.10 Å². The second-order valence-electron chi connectivity index (χ2n) is 4.39. The van der Waals surface area contributed by atoms with Crippen LogP contribution in [0.4, 0.5) is 0 Å². The zero-order valence-corrected chi connectivity index (χ0v) is 13.2. The van der Waals surface area contributed by atoms with Gasteiger partial charge in [-0.3, -0.25) is 4.68 Å². The quantitative estimate of drug-likeness (QED) is 0.926. The largest absolute Gasteiger partial charge is 0.381 e. The van der Waals surface area contributed by atoms with Gasteiger partial charge in [0.1, 0.15) is 6.10 Å². The number of aliphatic hydroxyl groups is 1. The molecule has 0 aromatic carbocycles. The van der Waals surface area contributed by atoms with Crippen molar-refractivity contribution < 1.29 is 5.11 Å². The Morgan fingerprint density at radius 2 is 2.22 bits per heavy atom. The second kappa shape index (κ2) is 5.55. The van der Waals surface area contributed by atoms with E-state index in [1.54, 1.807) is 17.5 Å². The molecular weight excluding hydrogens is 312 g/mol. The van der Waals surface area contributed by atoms with Crippen LogP contribution in [0.5, 0.6) is 0 Å². The maximum Gasteiger partial charge on any atom is 0.131 e. The predicted molar refractivity (Wildman–Crippen MR) is 78.1 cm³/mol. The van der Waals surface area contributed by atoms with Crippen LogP contribution in [0.2, 0.25) is 0 Å². The molecule has 18 heavy (non-hydrogen) atoms. The number of aryl methyl sites for hydroxylation is 3. The Balaban J connectivity index is 2.38. The molecule has 1 atom stereocenters. The topological polar surface area (TPSA) is 38.0 Å². The van der Waals surface area contributed by atoms with Crippen molar-refractivity contribution in [2.24, 2.45) is 0 Å². The number of aliphatic hydroxyl groups excluding tert-OH is 1. The molecule has 3 nitrogen and oxygen atoms in total. The number of hydrogen-bond donors (Lipinski definition) is 1. The van der Waals surface area contributed by atoms with Crippen LogP contribution in [-0.2, 0) is 6.54 Å². The molecule has 0 amide bonds. The van der Waals surface area contributed by atoms with Gasteiger partial charge in [0.2, 0.25) is 0 Å². The van der Waals surface area contributed by atoms with Crippen LogP contribution < -0.4 is 0 Å². The van der Waals surface area contributed by atoms with Gasteiger partial charge in [0.25, 0.3) is 0 Å². The third-order valence-electron chi connectivity index (χ3n) is 2.98. The van der Waals surface area contributed by atoms with Gasteiger partial charge in [0.15, 0.2) is 0 Å². The van der Waals surface area contributed by atoms with Crippen molar-refractivity contribution in [1.82, 2.24) is 9.78 Å². The van der Waals surface area contributed by atoms with Gasteiger partial charge in [-0.15, -0.1) is 11.3 Å². The van der Waals surface area contributed by atoms with E-state index in [1.807, 2.05) is 4.68 Å². The Labute approximate surface area is 120 Å². The van der Waals surface area contributed by atoms with Crippen LogP contribution in [0.1, 0.15) is 40.5 Å². The molecule has 2 aromatic heterocycles. The first-order chi connectivity index (χ1) is 8.54. The van der Waals surface area contributed by atoms with E-state index in [0.29, 0.717) is 0 Å². The molecule has 0 fully saturated rings. The molecule has 0 saturated heterocycles. The van der Waals surface area contributed by atoms with Gasteiger partial charge < -0.3 is 5.11 Å². The zero-order chi connectivity index (χ0) is 13.3. The summed E-state index contributed by atoms with van der Waals surface area (Å²) in [6.07, 6.45) is 2.14. The highest BCUT2D eigenvalue weighted by molar-refractivity contribution is 9.10. The Morgan fingerprint density at radius 1 is 1.50 bits per heavy atom. The molecule has 0 saturated carbocycles. The average molecular weight is 329 g/mol. The van der Waals surface area contributed by atoms with Gasteiger partial charge in [-0.05, 0) is 47.8 Å². The van der Waals surface area contributed by atoms with Crippen molar-refractivity contribution in [3.63, 3.8) is 0 Å². The van der Waals surface area contributed by atoms with Crippen molar-refractivity contribution in [2.45, 2.75) is 39.8 Å². The van der Waals surface area contributed by atoms with Gasteiger partial charge in [-0.25, -0.2) is 0 Å². The van der Waals surface area contributed by atoms with Crippen LogP contribution in [0.15, 0.2) is 16.7 Å². The number of nitrogens with zero attached hydrogens (tertiary/aromatic N) is 2. The third-order valence-corrected chi connectivity index (χ3v) is 4.80. The summed E-state index contributed by atoms with van der Waals surface area (Å²) < 4.78 is 2.74. The third kappa shape index (κ3) is 2.53. The summed E-state index contributed by atoms with van der Waals surface area (Å²) in [7, 11) is 0. The summed E-state index contributed by atoms with van der Waals surface area (Å²) in [5, 5.41) is 14.8. The van der Waals surface area contributed by atoms with Crippen molar-refractivity contribution in [2.75, 3.05) is 0 Å². The Hall–Kier alpha value is -0.650. The Morgan fingerprint density at radius 3 is 2.78 bits per heavy atom. The normalized spacial score (nSPS) is 12.9. The molecule has 0 radical (unpaired) electrons. The fraction of sp³-hybridized carbons (Fsp3) is 0.462. The lowest BCUT2D eigenvalue weighted by Gasteiger charge is -2.12. The van der Waals surface area contributed by atoms with Gasteiger partial charge in [0.05, 0.1) is 16.4 Å². The first-order valence-electron chi connectivity index (χ1n) is 6.00. The second-order valence-corrected chi connectivity index (χ2v) is 6.53. The van der Waals surface area contributed by atoms with E-state index >= 15 is 0 Å². The first kappa shape index (κ1) is 13.8. The standard InChI is InChI=1S/C13H17BrN2OS/c1-4-5-16-12(10(14)7-15-16)13(17)11-6-8(2)9(3)18-11/h6-7,13,17H,4-5H2,1-3H3. The van der Waals surface area contributed by atoms with E-state index in [4.69, 9.17) is 0 Å². The van der Waals surface area contributed by atoms with E-state index in [9.17, 15) is 5.11 Å². The lowest BCUT2D eigenvalue weighted by molar-refractivity contribution is 0.210. The number of thiophene rings is 1. The maximum atomic E-state index is 10.5. The van der Waals surface area contributed by atoms with Crippen molar-refractivity contribution in [1.29, 1.82) is 0 Å². The van der Waals surface area contributed by atoms with Gasteiger partial charge in [-0.2, -0.15) is 5.10 Å². The fourth-order valence-electron chi connectivity index (χ4n) is 1.91. The molecular formula is C13H17BrN2OS. The summed E-state index contributed by atoms with van der Waals surface area (Å²) in [6, 6.07) is 2.06. The minimum atomic E-state index is -0.606. The summed E-state index contributed by atoms with van der Waals surface area (Å²) in [5.74, 6) is 0. The Bertz CT molecular complexity index is 528. The van der Waals surface area contributed by atoms with E-state index in [0.717, 1.165) is 28.0 Å². The lowest BCUT2D eigenvalue weighted by atomic mass is 10.2. The molecule has 2 heterocycles. The van der Waals surface area contributed by atoms with Crippen LogP contribution in [0.3, 0.4) is 0 Å². The minimum absolute atomic E-state index is 0.606. The van der Waals surface area contributed by atoms with Crippen LogP contribution in [0, 0.1) is 13.8 Å². The molecule has 1 N–H and O–H groups in total. The highest BCUT2D eigenvalue weighted by atomic mass is 79.9. The van der Waals surface area contributed by atoms with E-state index in [1.165, 1.54) is 10.4 Å². The van der Waals surface area contributed by atoms with Crippen LogP contribution in [-0.4, -0.2) is 14.9 Å². The first-order valence-corrected chi connectivity index (χ1v) is 7.61. The van der Waals surface area contributed by atoms with Crippen LogP contribution in [0.25, 0.3) is 0 Å². The number of rotatable bonds is 4. The minimum Gasteiger partial charge on any atom is -0.381 e. The SMILES string of the molecule is CCCn1ncc(Br)c1C(O)c1cc(C)c(C)s1. The molecule has 0 aliphatic rings. The molecule has 2 rings (SSSR count). The maximum absolute atomic E-state index is 10.5. The van der Waals surface area contributed by atoms with Gasteiger partial charge in [0, 0.05) is 16.3 Å². The van der Waals surface area contributed by atoms with E-state index in [-0.39, 0.29) is 0 Å². The predicted octanol–water partition coefficient (Wildman–Crippen LogP) is 3.82. The van der Waals surface area contributed by atoms with Crippen molar-refractivity contribution >= 4 is 27.3 Å². The summed E-state index contributed by atoms with van der Waals surface area (Å²) >= 11 is 5.12. The molecule has 0 aliphatic carbocycles. The average Bonchev–Trinajstić information content (AvgIpc) is 2.84. The summed E-state index contributed by atoms with van der Waals surface area (Å²) in [4.78, 5) is 2.23. The van der Waals surface area contributed by atoms with Gasteiger partial charge >= 0.3 is 0 Å². The number of halogens is 1. The van der Waals surface area contributed by atoms with E-state index in [2.05, 4.69) is 47.9 Å². The lowest BCUT2D eigenvalue weighted by Crippen LogP contribution is -2.09. The molecule has 0 bridgehead atoms. The molecule has 98 valence electrons.